The van der Waals surface area contributed by atoms with Crippen LogP contribution in [0.1, 0.15) is 94.7 Å². The Morgan fingerprint density at radius 1 is 0.786 bits per heavy atom. The van der Waals surface area contributed by atoms with Crippen LogP contribution in [0.2, 0.25) is 0 Å². The number of benzene rings is 2. The van der Waals surface area contributed by atoms with Crippen LogP contribution in [0.25, 0.3) is 11.1 Å². The molecule has 0 saturated heterocycles. The van der Waals surface area contributed by atoms with Crippen molar-refractivity contribution in [2.24, 2.45) is 0 Å². The van der Waals surface area contributed by atoms with Gasteiger partial charge in [0.15, 0.2) is 0 Å². The number of nitriles is 1. The molecule has 0 N–H and O–H groups in total. The fourth-order valence-electron chi connectivity index (χ4n) is 4.91. The minimum atomic E-state index is 0.0583. The third-order valence-electron chi connectivity index (χ3n) is 6.37. The highest BCUT2D eigenvalue weighted by atomic mass is 79.9. The van der Waals surface area contributed by atoms with Crippen molar-refractivity contribution >= 4 is 15.9 Å². The molecule has 0 unspecified atom stereocenters. The molecule has 0 radical (unpaired) electrons. The van der Waals surface area contributed by atoms with Crippen LogP contribution in [0, 0.1) is 11.3 Å². The van der Waals surface area contributed by atoms with Gasteiger partial charge in [-0.1, -0.05) is 93.3 Å². The number of halogens is 1. The molecule has 2 heteroatoms. The zero-order valence-corrected chi connectivity index (χ0v) is 18.9. The van der Waals surface area contributed by atoms with Crippen molar-refractivity contribution in [1.29, 1.82) is 5.26 Å². The van der Waals surface area contributed by atoms with Gasteiger partial charge in [0.2, 0.25) is 0 Å². The van der Waals surface area contributed by atoms with Gasteiger partial charge in [0.05, 0.1) is 11.6 Å². The zero-order chi connectivity index (χ0) is 20.0. The van der Waals surface area contributed by atoms with Crippen molar-refractivity contribution in [3.63, 3.8) is 0 Å². The maximum absolute atomic E-state index is 9.53. The second kappa shape index (κ2) is 9.75. The van der Waals surface area contributed by atoms with Crippen LogP contribution in [0.3, 0.4) is 0 Å². The van der Waals surface area contributed by atoms with Gasteiger partial charge in [0.1, 0.15) is 0 Å². The average molecular weight is 438 g/mol. The van der Waals surface area contributed by atoms with E-state index in [2.05, 4.69) is 66.2 Å². The molecule has 0 aliphatic heterocycles. The summed E-state index contributed by atoms with van der Waals surface area (Å²) in [6, 6.07) is 15.5. The number of nitrogens with zero attached hydrogens (tertiary/aromatic N) is 1. The van der Waals surface area contributed by atoms with Crippen LogP contribution in [0.5, 0.6) is 0 Å². The molecular weight excluding hydrogens is 406 g/mol. The maximum Gasteiger partial charge on any atom is 0.0991 e. The number of fused-ring (bicyclic) bond motifs is 3. The number of hydrogen-bond acceptors (Lipinski definition) is 1. The van der Waals surface area contributed by atoms with E-state index in [1.807, 2.05) is 6.07 Å². The van der Waals surface area contributed by atoms with Crippen molar-refractivity contribution in [3.8, 4) is 17.2 Å². The number of unbranched alkanes of at least 4 members (excludes halogenated alkanes) is 6. The number of rotatable bonds is 10. The van der Waals surface area contributed by atoms with Crippen LogP contribution in [0.4, 0.5) is 0 Å². The standard InChI is InChI=1S/C26H32BrN/c1-3-5-7-9-15-26(16-10-8-6-4-2)24-17-20(19-28)11-13-22(24)23-14-12-21(27)18-25(23)26/h11-14,17-18H,3-10,15-16H2,1-2H3. The first-order valence-corrected chi connectivity index (χ1v) is 11.8. The fourth-order valence-corrected chi connectivity index (χ4v) is 5.27. The molecule has 0 atom stereocenters. The zero-order valence-electron chi connectivity index (χ0n) is 17.4. The van der Waals surface area contributed by atoms with E-state index >= 15 is 0 Å². The smallest absolute Gasteiger partial charge is 0.0991 e. The van der Waals surface area contributed by atoms with Gasteiger partial charge in [-0.3, -0.25) is 0 Å². The summed E-state index contributed by atoms with van der Waals surface area (Å²) < 4.78 is 1.16. The largest absolute Gasteiger partial charge is 0.192 e. The van der Waals surface area contributed by atoms with Gasteiger partial charge >= 0.3 is 0 Å². The Bertz CT molecular complexity index is 834. The van der Waals surface area contributed by atoms with Crippen LogP contribution in [0.15, 0.2) is 40.9 Å². The first kappa shape index (κ1) is 21.1. The Kier molecular flexibility index (Phi) is 7.36. The van der Waals surface area contributed by atoms with Crippen molar-refractivity contribution in [2.45, 2.75) is 83.5 Å². The third-order valence-corrected chi connectivity index (χ3v) is 6.86. The van der Waals surface area contributed by atoms with Gasteiger partial charge in [0.25, 0.3) is 0 Å². The minimum absolute atomic E-state index is 0.0583. The van der Waals surface area contributed by atoms with E-state index in [-0.39, 0.29) is 5.41 Å². The van der Waals surface area contributed by atoms with Crippen molar-refractivity contribution in [3.05, 3.63) is 57.6 Å². The highest BCUT2D eigenvalue weighted by Crippen LogP contribution is 2.54. The van der Waals surface area contributed by atoms with Gasteiger partial charge < -0.3 is 0 Å². The van der Waals surface area contributed by atoms with Gasteiger partial charge in [0, 0.05) is 9.89 Å². The Labute approximate surface area is 179 Å². The van der Waals surface area contributed by atoms with Gasteiger partial charge in [-0.25, -0.2) is 0 Å². The molecule has 0 heterocycles. The van der Waals surface area contributed by atoms with Crippen LogP contribution in [-0.2, 0) is 5.41 Å². The van der Waals surface area contributed by atoms with E-state index in [0.717, 1.165) is 10.0 Å². The molecular formula is C26H32BrN. The molecule has 1 aliphatic rings. The lowest BCUT2D eigenvalue weighted by Gasteiger charge is -2.33. The predicted molar refractivity (Wildman–Crippen MR) is 123 cm³/mol. The van der Waals surface area contributed by atoms with E-state index in [9.17, 15) is 5.26 Å². The van der Waals surface area contributed by atoms with Gasteiger partial charge in [-0.2, -0.15) is 5.26 Å². The topological polar surface area (TPSA) is 23.8 Å². The summed E-state index contributed by atoms with van der Waals surface area (Å²) in [5, 5.41) is 9.53. The predicted octanol–water partition coefficient (Wildman–Crippen LogP) is 8.53. The molecule has 0 amide bonds. The highest BCUT2D eigenvalue weighted by molar-refractivity contribution is 9.10. The molecule has 3 rings (SSSR count). The molecule has 0 aromatic heterocycles. The Morgan fingerprint density at radius 3 is 1.93 bits per heavy atom. The first-order chi connectivity index (χ1) is 13.7. The molecule has 0 fully saturated rings. The Hall–Kier alpha value is -1.59. The molecule has 1 nitrogen and oxygen atoms in total. The summed E-state index contributed by atoms with van der Waals surface area (Å²) in [4.78, 5) is 0. The fraction of sp³-hybridized carbons (Fsp3) is 0.500. The summed E-state index contributed by atoms with van der Waals surface area (Å²) >= 11 is 3.72. The molecule has 0 bridgehead atoms. The SMILES string of the molecule is CCCCCCC1(CCCCCC)c2cc(Br)ccc2-c2ccc(C#N)cc21. The molecule has 0 spiro atoms. The van der Waals surface area contributed by atoms with E-state index in [1.165, 1.54) is 86.5 Å². The van der Waals surface area contributed by atoms with Crippen LogP contribution < -0.4 is 0 Å². The molecule has 1 aliphatic carbocycles. The maximum atomic E-state index is 9.53. The number of hydrogen-bond donors (Lipinski definition) is 0. The lowest BCUT2D eigenvalue weighted by molar-refractivity contribution is 0.401. The van der Waals surface area contributed by atoms with E-state index < -0.39 is 0 Å². The molecule has 28 heavy (non-hydrogen) atoms. The summed E-state index contributed by atoms with van der Waals surface area (Å²) in [7, 11) is 0. The molecule has 2 aromatic rings. The minimum Gasteiger partial charge on any atom is -0.192 e. The second-order valence-corrected chi connectivity index (χ2v) is 9.18. The lowest BCUT2D eigenvalue weighted by Crippen LogP contribution is -2.25. The Balaban J connectivity index is 2.06. The van der Waals surface area contributed by atoms with Gasteiger partial charge in [-0.15, -0.1) is 0 Å². The second-order valence-electron chi connectivity index (χ2n) is 8.27. The lowest BCUT2D eigenvalue weighted by atomic mass is 9.70. The monoisotopic (exact) mass is 437 g/mol. The van der Waals surface area contributed by atoms with Crippen LogP contribution >= 0.6 is 15.9 Å². The van der Waals surface area contributed by atoms with Gasteiger partial charge in [-0.05, 0) is 59.4 Å². The van der Waals surface area contributed by atoms with Crippen molar-refractivity contribution < 1.29 is 0 Å². The summed E-state index contributed by atoms with van der Waals surface area (Å²) in [6.07, 6.45) is 12.6. The van der Waals surface area contributed by atoms with Crippen LogP contribution in [-0.4, -0.2) is 0 Å². The Morgan fingerprint density at radius 2 is 1.36 bits per heavy atom. The first-order valence-electron chi connectivity index (χ1n) is 11.0. The molecule has 0 saturated carbocycles. The van der Waals surface area contributed by atoms with Crippen molar-refractivity contribution in [1.82, 2.24) is 0 Å². The third kappa shape index (κ3) is 4.20. The summed E-state index contributed by atoms with van der Waals surface area (Å²) in [5.41, 5.74) is 6.42. The summed E-state index contributed by atoms with van der Waals surface area (Å²) in [6.45, 7) is 4.55. The van der Waals surface area contributed by atoms with Crippen molar-refractivity contribution in [2.75, 3.05) is 0 Å². The highest BCUT2D eigenvalue weighted by Gasteiger charge is 2.42. The van der Waals surface area contributed by atoms with E-state index in [1.54, 1.807) is 0 Å². The average Bonchev–Trinajstić information content (AvgIpc) is 2.97. The molecule has 148 valence electrons. The quantitative estimate of drug-likeness (QED) is 0.341. The molecule has 2 aromatic carbocycles. The van der Waals surface area contributed by atoms with E-state index in [4.69, 9.17) is 0 Å². The summed E-state index contributed by atoms with van der Waals surface area (Å²) in [5.74, 6) is 0. The van der Waals surface area contributed by atoms with E-state index in [0.29, 0.717) is 0 Å². The normalized spacial score (nSPS) is 13.8.